The van der Waals surface area contributed by atoms with Crippen LogP contribution in [0, 0.1) is 0 Å². The number of rotatable bonds is 17. The molecule has 0 aromatic carbocycles. The van der Waals surface area contributed by atoms with E-state index in [-0.39, 0.29) is 11.5 Å². The molecule has 0 aliphatic rings. The maximum absolute atomic E-state index is 11.4. The SMILES string of the molecule is CCCCCCCCCCCCCCCCCC(=O)C(C)=NO. The fourth-order valence-corrected chi connectivity index (χ4v) is 2.89. The van der Waals surface area contributed by atoms with E-state index in [0.717, 1.165) is 12.8 Å². The Morgan fingerprint density at radius 2 is 1.04 bits per heavy atom. The average molecular weight is 326 g/mol. The number of carbonyl (C=O) groups excluding carboxylic acids is 1. The van der Waals surface area contributed by atoms with E-state index in [4.69, 9.17) is 5.21 Å². The molecule has 0 heterocycles. The molecule has 23 heavy (non-hydrogen) atoms. The molecular formula is C20H39NO2. The van der Waals surface area contributed by atoms with Gasteiger partial charge in [0.25, 0.3) is 0 Å². The Morgan fingerprint density at radius 1 is 0.696 bits per heavy atom. The molecule has 0 spiro atoms. The van der Waals surface area contributed by atoms with Crippen LogP contribution in [0.3, 0.4) is 0 Å². The van der Waals surface area contributed by atoms with E-state index in [1.807, 2.05) is 0 Å². The van der Waals surface area contributed by atoms with Gasteiger partial charge in [0.05, 0.1) is 0 Å². The summed E-state index contributed by atoms with van der Waals surface area (Å²) in [6.07, 6.45) is 20.4. The van der Waals surface area contributed by atoms with Crippen molar-refractivity contribution in [3.05, 3.63) is 0 Å². The van der Waals surface area contributed by atoms with Gasteiger partial charge in [-0.05, 0) is 13.3 Å². The van der Waals surface area contributed by atoms with Crippen LogP contribution in [0.5, 0.6) is 0 Å². The topological polar surface area (TPSA) is 49.7 Å². The number of unbranched alkanes of at least 4 members (excludes halogenated alkanes) is 14. The molecule has 0 radical (unpaired) electrons. The minimum absolute atomic E-state index is 0.0257. The number of carbonyl (C=O) groups is 1. The molecule has 136 valence electrons. The summed E-state index contributed by atoms with van der Waals surface area (Å²) in [7, 11) is 0. The van der Waals surface area contributed by atoms with Crippen LogP contribution in [-0.4, -0.2) is 16.7 Å². The first-order chi connectivity index (χ1) is 11.2. The molecule has 3 nitrogen and oxygen atoms in total. The Kier molecular flexibility index (Phi) is 16.8. The lowest BCUT2D eigenvalue weighted by atomic mass is 10.0. The average Bonchev–Trinajstić information content (AvgIpc) is 2.57. The fraction of sp³-hybridized carbons (Fsp3) is 0.900. The Morgan fingerprint density at radius 3 is 1.39 bits per heavy atom. The van der Waals surface area contributed by atoms with E-state index in [9.17, 15) is 4.79 Å². The van der Waals surface area contributed by atoms with E-state index < -0.39 is 0 Å². The van der Waals surface area contributed by atoms with Crippen molar-refractivity contribution in [2.75, 3.05) is 0 Å². The minimum Gasteiger partial charge on any atom is -0.411 e. The Bertz CT molecular complexity index is 300. The lowest BCUT2D eigenvalue weighted by molar-refractivity contribution is -0.113. The first kappa shape index (κ1) is 22.1. The van der Waals surface area contributed by atoms with E-state index in [1.54, 1.807) is 6.92 Å². The highest BCUT2D eigenvalue weighted by atomic mass is 16.4. The monoisotopic (exact) mass is 325 g/mol. The van der Waals surface area contributed by atoms with E-state index >= 15 is 0 Å². The van der Waals surface area contributed by atoms with Gasteiger partial charge in [0.2, 0.25) is 0 Å². The number of Topliss-reactive ketones (excluding diaryl/α,β-unsaturated/α-hetero) is 1. The van der Waals surface area contributed by atoms with Gasteiger partial charge in [0, 0.05) is 6.42 Å². The fourth-order valence-electron chi connectivity index (χ4n) is 2.89. The van der Waals surface area contributed by atoms with Crippen LogP contribution < -0.4 is 0 Å². The largest absolute Gasteiger partial charge is 0.411 e. The van der Waals surface area contributed by atoms with Crippen LogP contribution in [0.4, 0.5) is 0 Å². The van der Waals surface area contributed by atoms with Crippen LogP contribution in [0.2, 0.25) is 0 Å². The predicted octanol–water partition coefficient (Wildman–Crippen LogP) is 6.67. The van der Waals surface area contributed by atoms with E-state index in [0.29, 0.717) is 6.42 Å². The van der Waals surface area contributed by atoms with Gasteiger partial charge < -0.3 is 5.21 Å². The number of ketones is 1. The third-order valence-corrected chi connectivity index (χ3v) is 4.56. The maximum Gasteiger partial charge on any atom is 0.180 e. The summed E-state index contributed by atoms with van der Waals surface area (Å²) < 4.78 is 0. The van der Waals surface area contributed by atoms with Crippen molar-refractivity contribution in [2.45, 2.75) is 117 Å². The van der Waals surface area contributed by atoms with Gasteiger partial charge in [-0.15, -0.1) is 0 Å². The first-order valence-electron chi connectivity index (χ1n) is 9.94. The van der Waals surface area contributed by atoms with E-state index in [1.165, 1.54) is 83.5 Å². The number of oxime groups is 1. The van der Waals surface area contributed by atoms with Gasteiger partial charge in [0.15, 0.2) is 5.78 Å². The van der Waals surface area contributed by atoms with Gasteiger partial charge in [-0.1, -0.05) is 102 Å². The molecular weight excluding hydrogens is 286 g/mol. The molecule has 0 aliphatic carbocycles. The highest BCUT2D eigenvalue weighted by molar-refractivity contribution is 6.38. The van der Waals surface area contributed by atoms with Crippen molar-refractivity contribution >= 4 is 11.5 Å². The molecule has 0 amide bonds. The molecule has 0 atom stereocenters. The highest BCUT2D eigenvalue weighted by Crippen LogP contribution is 2.13. The van der Waals surface area contributed by atoms with Gasteiger partial charge >= 0.3 is 0 Å². The van der Waals surface area contributed by atoms with Crippen molar-refractivity contribution in [1.82, 2.24) is 0 Å². The normalized spacial score (nSPS) is 11.8. The van der Waals surface area contributed by atoms with Crippen LogP contribution in [0.15, 0.2) is 5.16 Å². The van der Waals surface area contributed by atoms with E-state index in [2.05, 4.69) is 12.1 Å². The summed E-state index contributed by atoms with van der Waals surface area (Å²) in [4.78, 5) is 11.4. The molecule has 0 fully saturated rings. The van der Waals surface area contributed by atoms with Crippen LogP contribution in [-0.2, 0) is 4.79 Å². The zero-order valence-electron chi connectivity index (χ0n) is 15.6. The lowest BCUT2D eigenvalue weighted by Gasteiger charge is -2.03. The van der Waals surface area contributed by atoms with Crippen LogP contribution in [0.1, 0.15) is 117 Å². The Labute approximate surface area is 143 Å². The summed E-state index contributed by atoms with van der Waals surface area (Å²) in [5.41, 5.74) is 0.232. The molecule has 1 N–H and O–H groups in total. The highest BCUT2D eigenvalue weighted by Gasteiger charge is 2.05. The summed E-state index contributed by atoms with van der Waals surface area (Å²) in [6.45, 7) is 3.83. The molecule has 0 unspecified atom stereocenters. The summed E-state index contributed by atoms with van der Waals surface area (Å²) >= 11 is 0. The smallest absolute Gasteiger partial charge is 0.180 e. The maximum atomic E-state index is 11.4. The third-order valence-electron chi connectivity index (χ3n) is 4.56. The molecule has 0 aromatic heterocycles. The number of hydrogen-bond acceptors (Lipinski definition) is 3. The standard InChI is InChI=1S/C20H39NO2/c1-3-4-5-6-7-8-9-10-11-12-13-14-15-16-17-18-20(22)19(2)21-23/h23H,3-18H2,1-2H3. The molecule has 0 saturated carbocycles. The second kappa shape index (κ2) is 17.5. The van der Waals surface area contributed by atoms with Crippen LogP contribution >= 0.6 is 0 Å². The first-order valence-corrected chi connectivity index (χ1v) is 9.94. The van der Waals surface area contributed by atoms with Crippen molar-refractivity contribution < 1.29 is 10.0 Å². The number of hydrogen-bond donors (Lipinski definition) is 1. The van der Waals surface area contributed by atoms with Crippen LogP contribution in [0.25, 0.3) is 0 Å². The van der Waals surface area contributed by atoms with Crippen molar-refractivity contribution in [2.24, 2.45) is 5.16 Å². The predicted molar refractivity (Wildman–Crippen MR) is 99.4 cm³/mol. The Balaban J connectivity index is 3.12. The van der Waals surface area contributed by atoms with Gasteiger partial charge in [0.1, 0.15) is 5.71 Å². The number of nitrogens with zero attached hydrogens (tertiary/aromatic N) is 1. The zero-order valence-corrected chi connectivity index (χ0v) is 15.6. The third kappa shape index (κ3) is 15.8. The van der Waals surface area contributed by atoms with Gasteiger partial charge in [-0.2, -0.15) is 0 Å². The molecule has 0 aliphatic heterocycles. The second-order valence-electron chi connectivity index (χ2n) is 6.81. The lowest BCUT2D eigenvalue weighted by Crippen LogP contribution is -2.09. The molecule has 0 aromatic rings. The quantitative estimate of drug-likeness (QED) is 0.140. The summed E-state index contributed by atoms with van der Waals surface area (Å²) in [5.74, 6) is -0.0257. The summed E-state index contributed by atoms with van der Waals surface area (Å²) in [6, 6.07) is 0. The van der Waals surface area contributed by atoms with Crippen molar-refractivity contribution in [3.8, 4) is 0 Å². The Hall–Kier alpha value is -0.860. The molecule has 0 saturated heterocycles. The molecule has 0 bridgehead atoms. The van der Waals surface area contributed by atoms with Gasteiger partial charge in [-0.25, -0.2) is 0 Å². The molecule has 3 heteroatoms. The second-order valence-corrected chi connectivity index (χ2v) is 6.81. The zero-order chi connectivity index (χ0) is 17.2. The van der Waals surface area contributed by atoms with Crippen molar-refractivity contribution in [1.29, 1.82) is 0 Å². The summed E-state index contributed by atoms with van der Waals surface area (Å²) in [5, 5.41) is 11.4. The van der Waals surface area contributed by atoms with Gasteiger partial charge in [-0.3, -0.25) is 4.79 Å². The minimum atomic E-state index is -0.0257. The van der Waals surface area contributed by atoms with Crippen molar-refractivity contribution in [3.63, 3.8) is 0 Å². The molecule has 0 rings (SSSR count).